The van der Waals surface area contributed by atoms with Gasteiger partial charge in [0.1, 0.15) is 17.5 Å². The first-order valence-corrected chi connectivity index (χ1v) is 13.2. The van der Waals surface area contributed by atoms with E-state index >= 15 is 0 Å². The fraction of sp³-hybridized carbons (Fsp3) is 0.483. The predicted molar refractivity (Wildman–Crippen MR) is 145 cm³/mol. The van der Waals surface area contributed by atoms with Crippen molar-refractivity contribution in [2.24, 2.45) is 0 Å². The van der Waals surface area contributed by atoms with Crippen molar-refractivity contribution in [3.05, 3.63) is 53.6 Å². The Morgan fingerprint density at radius 3 is 2.26 bits per heavy atom. The predicted octanol–water partition coefficient (Wildman–Crippen LogP) is 5.10. The summed E-state index contributed by atoms with van der Waals surface area (Å²) in [6.45, 7) is 8.51. The molecule has 0 atom stereocenters. The summed E-state index contributed by atoms with van der Waals surface area (Å²) in [6.07, 6.45) is 3.03. The molecule has 9 nitrogen and oxygen atoms in total. The molecule has 0 radical (unpaired) electrons. The molecule has 38 heavy (non-hydrogen) atoms. The van der Waals surface area contributed by atoms with Crippen molar-refractivity contribution in [1.29, 1.82) is 0 Å². The molecule has 0 aliphatic carbocycles. The molecule has 2 amide bonds. The van der Waals surface area contributed by atoms with Crippen LogP contribution in [0.4, 0.5) is 16.2 Å². The highest BCUT2D eigenvalue weighted by atomic mass is 16.6. The molecule has 0 spiro atoms. The van der Waals surface area contributed by atoms with Crippen LogP contribution in [0, 0.1) is 0 Å². The summed E-state index contributed by atoms with van der Waals surface area (Å²) in [4.78, 5) is 42.0. The zero-order chi connectivity index (χ0) is 27.3. The minimum absolute atomic E-state index is 0.156. The van der Waals surface area contributed by atoms with Crippen LogP contribution in [0.2, 0.25) is 0 Å². The van der Waals surface area contributed by atoms with E-state index in [-0.39, 0.29) is 23.7 Å². The van der Waals surface area contributed by atoms with E-state index < -0.39 is 11.6 Å². The lowest BCUT2D eigenvalue weighted by Crippen LogP contribution is -2.44. The van der Waals surface area contributed by atoms with Crippen molar-refractivity contribution in [1.82, 2.24) is 4.90 Å². The average molecular weight is 524 g/mol. The number of likely N-dealkylation sites (tertiary alicyclic amines) is 1. The summed E-state index contributed by atoms with van der Waals surface area (Å²) in [6, 6.07) is 12.4. The van der Waals surface area contributed by atoms with Gasteiger partial charge < -0.3 is 29.3 Å². The standard InChI is InChI=1S/C29H37N3O6/c1-29(2,3)38-28(35)32-17-13-21(14-18-32)37-25-19-20(31-15-7-8-16-31)11-12-23(25)26(33)30-24-10-6-5-9-22(24)27(34)36-4/h5-6,9-12,19,21H,7-8,13-18H2,1-4H3,(H,30,33). The summed E-state index contributed by atoms with van der Waals surface area (Å²) in [5.74, 6) is -0.424. The zero-order valence-electron chi connectivity index (χ0n) is 22.6. The van der Waals surface area contributed by atoms with Gasteiger partial charge in [-0.05, 0) is 57.9 Å². The van der Waals surface area contributed by atoms with E-state index in [0.717, 1.165) is 31.6 Å². The van der Waals surface area contributed by atoms with E-state index in [4.69, 9.17) is 14.2 Å². The van der Waals surface area contributed by atoms with Gasteiger partial charge in [-0.25, -0.2) is 9.59 Å². The Morgan fingerprint density at radius 2 is 1.61 bits per heavy atom. The number of piperidine rings is 1. The molecule has 0 unspecified atom stereocenters. The number of carbonyl (C=O) groups is 3. The number of carbonyl (C=O) groups excluding carboxylic acids is 3. The molecule has 9 heteroatoms. The number of para-hydroxylation sites is 1. The van der Waals surface area contributed by atoms with Gasteiger partial charge in [-0.1, -0.05) is 12.1 Å². The molecule has 0 saturated carbocycles. The maximum absolute atomic E-state index is 13.4. The molecule has 1 N–H and O–H groups in total. The number of ether oxygens (including phenoxy) is 3. The van der Waals surface area contributed by atoms with Gasteiger partial charge in [0.15, 0.2) is 0 Å². The molecular formula is C29H37N3O6. The Kier molecular flexibility index (Phi) is 8.44. The number of rotatable bonds is 6. The van der Waals surface area contributed by atoms with Crippen molar-refractivity contribution < 1.29 is 28.6 Å². The van der Waals surface area contributed by atoms with Gasteiger partial charge in [0, 0.05) is 50.8 Å². The normalized spacial score (nSPS) is 16.2. The second-order valence-electron chi connectivity index (χ2n) is 10.7. The zero-order valence-corrected chi connectivity index (χ0v) is 22.6. The van der Waals surface area contributed by atoms with Crippen LogP contribution >= 0.6 is 0 Å². The molecular weight excluding hydrogens is 486 g/mol. The number of nitrogens with zero attached hydrogens (tertiary/aromatic N) is 2. The number of methoxy groups -OCH3 is 1. The monoisotopic (exact) mass is 523 g/mol. The molecule has 0 bridgehead atoms. The highest BCUT2D eigenvalue weighted by molar-refractivity contribution is 6.09. The highest BCUT2D eigenvalue weighted by Gasteiger charge is 2.29. The maximum atomic E-state index is 13.4. The van der Waals surface area contributed by atoms with E-state index in [1.54, 1.807) is 35.2 Å². The van der Waals surface area contributed by atoms with Gasteiger partial charge in [-0.3, -0.25) is 4.79 Å². The molecule has 2 heterocycles. The molecule has 2 aromatic rings. The highest BCUT2D eigenvalue weighted by Crippen LogP contribution is 2.31. The van der Waals surface area contributed by atoms with Crippen LogP contribution < -0.4 is 15.0 Å². The number of anilines is 2. The lowest BCUT2D eigenvalue weighted by atomic mass is 10.1. The number of amides is 2. The fourth-order valence-electron chi connectivity index (χ4n) is 4.70. The first-order valence-electron chi connectivity index (χ1n) is 13.2. The summed E-state index contributed by atoms with van der Waals surface area (Å²) < 4.78 is 16.8. The SMILES string of the molecule is COC(=O)c1ccccc1NC(=O)c1ccc(N2CCCC2)cc1OC1CCN(C(=O)OC(C)(C)C)CC1. The molecule has 2 aliphatic heterocycles. The summed E-state index contributed by atoms with van der Waals surface area (Å²) >= 11 is 0. The maximum Gasteiger partial charge on any atom is 0.410 e. The second kappa shape index (κ2) is 11.8. The first kappa shape index (κ1) is 27.3. The van der Waals surface area contributed by atoms with E-state index in [2.05, 4.69) is 10.2 Å². The number of benzene rings is 2. The average Bonchev–Trinajstić information content (AvgIpc) is 3.43. The molecule has 204 valence electrons. The molecule has 2 aromatic carbocycles. The van der Waals surface area contributed by atoms with Crippen molar-refractivity contribution in [2.45, 2.75) is 58.2 Å². The van der Waals surface area contributed by atoms with Crippen LogP contribution in [-0.4, -0.2) is 67.9 Å². The number of esters is 1. The summed E-state index contributed by atoms with van der Waals surface area (Å²) in [5, 5.41) is 2.85. The topological polar surface area (TPSA) is 97.4 Å². The van der Waals surface area contributed by atoms with Crippen molar-refractivity contribution >= 4 is 29.3 Å². The number of nitrogens with one attached hydrogen (secondary N) is 1. The van der Waals surface area contributed by atoms with Crippen molar-refractivity contribution in [2.75, 3.05) is 43.5 Å². The van der Waals surface area contributed by atoms with Gasteiger partial charge in [-0.2, -0.15) is 0 Å². The fourth-order valence-corrected chi connectivity index (χ4v) is 4.70. The van der Waals surface area contributed by atoms with Crippen molar-refractivity contribution in [3.8, 4) is 5.75 Å². The van der Waals surface area contributed by atoms with Gasteiger partial charge in [0.05, 0.1) is 23.9 Å². The summed E-state index contributed by atoms with van der Waals surface area (Å²) in [5.41, 5.74) is 1.48. The Labute approximate surface area is 224 Å². The van der Waals surface area contributed by atoms with Crippen LogP contribution in [0.25, 0.3) is 0 Å². The molecule has 2 aliphatic rings. The van der Waals surface area contributed by atoms with Crippen LogP contribution in [0.5, 0.6) is 5.75 Å². The molecule has 2 saturated heterocycles. The molecule has 0 aromatic heterocycles. The Hall–Kier alpha value is -3.75. The minimum Gasteiger partial charge on any atom is -0.489 e. The van der Waals surface area contributed by atoms with E-state index in [1.807, 2.05) is 32.9 Å². The van der Waals surface area contributed by atoms with Crippen LogP contribution in [0.1, 0.15) is 67.2 Å². The Bertz CT molecular complexity index is 1160. The minimum atomic E-state index is -0.546. The van der Waals surface area contributed by atoms with Gasteiger partial charge in [-0.15, -0.1) is 0 Å². The van der Waals surface area contributed by atoms with E-state index in [1.165, 1.54) is 7.11 Å². The van der Waals surface area contributed by atoms with Crippen LogP contribution in [-0.2, 0) is 9.47 Å². The smallest absolute Gasteiger partial charge is 0.410 e. The second-order valence-corrected chi connectivity index (χ2v) is 10.7. The van der Waals surface area contributed by atoms with Gasteiger partial charge >= 0.3 is 12.1 Å². The largest absolute Gasteiger partial charge is 0.489 e. The first-order chi connectivity index (χ1) is 18.1. The number of hydrogen-bond acceptors (Lipinski definition) is 7. The Balaban J connectivity index is 1.52. The van der Waals surface area contributed by atoms with Crippen molar-refractivity contribution in [3.63, 3.8) is 0 Å². The van der Waals surface area contributed by atoms with Crippen LogP contribution in [0.3, 0.4) is 0 Å². The van der Waals surface area contributed by atoms with E-state index in [9.17, 15) is 14.4 Å². The third kappa shape index (κ3) is 6.76. The van der Waals surface area contributed by atoms with Gasteiger partial charge in [0.2, 0.25) is 0 Å². The third-order valence-electron chi connectivity index (χ3n) is 6.65. The number of hydrogen-bond donors (Lipinski definition) is 1. The van der Waals surface area contributed by atoms with E-state index in [0.29, 0.717) is 42.9 Å². The lowest BCUT2D eigenvalue weighted by molar-refractivity contribution is 0.0126. The summed E-state index contributed by atoms with van der Waals surface area (Å²) in [7, 11) is 1.30. The Morgan fingerprint density at radius 1 is 0.921 bits per heavy atom. The van der Waals surface area contributed by atoms with Gasteiger partial charge in [0.25, 0.3) is 5.91 Å². The molecule has 2 fully saturated rings. The quantitative estimate of drug-likeness (QED) is 0.526. The third-order valence-corrected chi connectivity index (χ3v) is 6.65. The van der Waals surface area contributed by atoms with Crippen LogP contribution in [0.15, 0.2) is 42.5 Å². The molecule has 4 rings (SSSR count). The lowest BCUT2D eigenvalue weighted by Gasteiger charge is -2.34.